The zero-order chi connectivity index (χ0) is 13.2. The number of ether oxygens (including phenoxy) is 1. The molecule has 3 nitrogen and oxygen atoms in total. The van der Waals surface area contributed by atoms with E-state index in [9.17, 15) is 22.0 Å². The molecule has 96 valence electrons. The number of benzene rings is 1. The van der Waals surface area contributed by atoms with Crippen LogP contribution >= 0.6 is 0 Å². The summed E-state index contributed by atoms with van der Waals surface area (Å²) >= 11 is 0. The molecule has 0 saturated carbocycles. The maximum atomic E-state index is 13.0. The van der Waals surface area contributed by atoms with Crippen molar-refractivity contribution in [1.29, 1.82) is 0 Å². The molecule has 0 spiro atoms. The van der Waals surface area contributed by atoms with Crippen LogP contribution in [0.5, 0.6) is 5.75 Å². The minimum absolute atomic E-state index is 0.421. The number of halogens is 5. The third-order valence-corrected chi connectivity index (χ3v) is 2.90. The van der Waals surface area contributed by atoms with Gasteiger partial charge in [0.05, 0.1) is 0 Å². The second-order valence-electron chi connectivity index (χ2n) is 2.93. The molecule has 1 unspecified atom stereocenters. The van der Waals surface area contributed by atoms with E-state index in [-0.39, 0.29) is 0 Å². The highest BCUT2D eigenvalue weighted by atomic mass is 28.3. The molecule has 0 aliphatic carbocycles. The Morgan fingerprint density at radius 3 is 2.29 bits per heavy atom. The van der Waals surface area contributed by atoms with E-state index in [2.05, 4.69) is 9.16 Å². The molecule has 1 rings (SSSR count). The number of hydrogen-bond acceptors (Lipinski definition) is 3. The fourth-order valence-electron chi connectivity index (χ4n) is 0.921. The average molecular weight is 274 g/mol. The van der Waals surface area contributed by atoms with Crippen LogP contribution in [0.2, 0.25) is 0 Å². The molecular formula is C8H7F5O3Si. The lowest BCUT2D eigenvalue weighted by Gasteiger charge is -2.20. The quantitative estimate of drug-likeness (QED) is 0.513. The van der Waals surface area contributed by atoms with Crippen molar-refractivity contribution in [2.24, 2.45) is 0 Å². The van der Waals surface area contributed by atoms with Crippen LogP contribution in [0.3, 0.4) is 0 Å². The Balaban J connectivity index is 3.00. The van der Waals surface area contributed by atoms with Gasteiger partial charge in [0.15, 0.2) is 17.4 Å². The molecular weight excluding hydrogens is 267 g/mol. The molecule has 0 saturated heterocycles. The van der Waals surface area contributed by atoms with Gasteiger partial charge in [0.1, 0.15) is 0 Å². The molecule has 1 atom stereocenters. The summed E-state index contributed by atoms with van der Waals surface area (Å²) in [7, 11) is -3.23. The van der Waals surface area contributed by atoms with Crippen molar-refractivity contribution in [3.8, 4) is 5.75 Å². The molecule has 0 amide bonds. The van der Waals surface area contributed by atoms with Crippen LogP contribution in [0.1, 0.15) is 0 Å². The van der Waals surface area contributed by atoms with Gasteiger partial charge in [-0.2, -0.15) is 13.2 Å². The van der Waals surface area contributed by atoms with Crippen molar-refractivity contribution in [2.75, 3.05) is 7.11 Å². The Bertz CT molecular complexity index is 414. The van der Waals surface area contributed by atoms with Crippen molar-refractivity contribution in [2.45, 2.75) is 5.73 Å². The fraction of sp³-hybridized carbons (Fsp3) is 0.250. The molecule has 9 heteroatoms. The molecule has 1 aromatic carbocycles. The highest BCUT2D eigenvalue weighted by Gasteiger charge is 2.46. The van der Waals surface area contributed by atoms with E-state index in [0.717, 1.165) is 7.11 Å². The van der Waals surface area contributed by atoms with Crippen molar-refractivity contribution >= 4 is 9.28 Å². The van der Waals surface area contributed by atoms with E-state index in [1.807, 2.05) is 0 Å². The molecule has 0 aromatic heterocycles. The number of hydrogen-bond donors (Lipinski definition) is 1. The smallest absolute Gasteiger partial charge is 0.429 e. The van der Waals surface area contributed by atoms with E-state index in [1.165, 1.54) is 0 Å². The SMILES string of the molecule is CO[SiH](O)C(F)(F)Oc1ccc(F)c(F)c1F. The van der Waals surface area contributed by atoms with Gasteiger partial charge in [-0.1, -0.05) is 0 Å². The first-order chi connectivity index (χ1) is 7.79. The topological polar surface area (TPSA) is 38.7 Å². The minimum Gasteiger partial charge on any atom is -0.429 e. The maximum absolute atomic E-state index is 13.0. The highest BCUT2D eigenvalue weighted by Crippen LogP contribution is 2.28. The van der Waals surface area contributed by atoms with E-state index in [1.54, 1.807) is 0 Å². The van der Waals surface area contributed by atoms with E-state index in [0.29, 0.717) is 12.1 Å². The second kappa shape index (κ2) is 4.98. The van der Waals surface area contributed by atoms with Gasteiger partial charge in [-0.25, -0.2) is 8.78 Å². The minimum atomic E-state index is -4.17. The van der Waals surface area contributed by atoms with Gasteiger partial charge >= 0.3 is 15.0 Å². The second-order valence-corrected chi connectivity index (χ2v) is 4.77. The van der Waals surface area contributed by atoms with Gasteiger partial charge in [0, 0.05) is 7.11 Å². The Labute approximate surface area is 94.2 Å². The Morgan fingerprint density at radius 2 is 1.76 bits per heavy atom. The van der Waals surface area contributed by atoms with Crippen LogP contribution in [0.25, 0.3) is 0 Å². The van der Waals surface area contributed by atoms with Crippen molar-refractivity contribution in [3.63, 3.8) is 0 Å². The summed E-state index contributed by atoms with van der Waals surface area (Å²) in [6.07, 6.45) is 0. The van der Waals surface area contributed by atoms with Crippen LogP contribution in [0, 0.1) is 17.5 Å². The summed E-state index contributed by atoms with van der Waals surface area (Å²) in [4.78, 5) is 8.81. The predicted octanol–water partition coefficient (Wildman–Crippen LogP) is 1.47. The van der Waals surface area contributed by atoms with Crippen LogP contribution in [0.4, 0.5) is 22.0 Å². The van der Waals surface area contributed by atoms with Crippen molar-refractivity contribution < 1.29 is 35.9 Å². The molecule has 0 bridgehead atoms. The monoisotopic (exact) mass is 274 g/mol. The Kier molecular flexibility index (Phi) is 4.06. The van der Waals surface area contributed by atoms with E-state index < -0.39 is 38.2 Å². The Morgan fingerprint density at radius 1 is 1.18 bits per heavy atom. The summed E-state index contributed by atoms with van der Waals surface area (Å²) in [6.45, 7) is 0. The van der Waals surface area contributed by atoms with Gasteiger partial charge in [0.2, 0.25) is 5.82 Å². The molecule has 1 N–H and O–H groups in total. The predicted molar refractivity (Wildman–Crippen MR) is 48.3 cm³/mol. The summed E-state index contributed by atoms with van der Waals surface area (Å²) in [5.41, 5.74) is -4.17. The fourth-order valence-corrected chi connectivity index (χ4v) is 1.42. The molecule has 0 aliphatic heterocycles. The summed E-state index contributed by atoms with van der Waals surface area (Å²) < 4.78 is 72.0. The van der Waals surface area contributed by atoms with Crippen LogP contribution in [0.15, 0.2) is 12.1 Å². The van der Waals surface area contributed by atoms with Gasteiger partial charge in [0.25, 0.3) is 0 Å². The third kappa shape index (κ3) is 2.93. The van der Waals surface area contributed by atoms with E-state index in [4.69, 9.17) is 4.80 Å². The molecule has 0 radical (unpaired) electrons. The summed E-state index contributed by atoms with van der Waals surface area (Å²) in [5.74, 6) is -6.59. The number of alkyl halides is 2. The standard InChI is InChI=1S/C8H7F5O3Si/c1-15-17(14)8(12,13)16-5-3-2-4(9)6(10)7(5)11/h2-3,14,17H,1H3. The lowest BCUT2D eigenvalue weighted by atomic mass is 10.3. The molecule has 0 heterocycles. The number of rotatable bonds is 4. The normalized spacial score (nSPS) is 13.6. The largest absolute Gasteiger partial charge is 0.451 e. The van der Waals surface area contributed by atoms with Crippen LogP contribution in [-0.4, -0.2) is 26.9 Å². The third-order valence-electron chi connectivity index (χ3n) is 1.76. The zero-order valence-corrected chi connectivity index (χ0v) is 9.54. The van der Waals surface area contributed by atoms with Crippen LogP contribution in [-0.2, 0) is 4.43 Å². The van der Waals surface area contributed by atoms with Gasteiger partial charge in [-0.15, -0.1) is 0 Å². The molecule has 1 aromatic rings. The van der Waals surface area contributed by atoms with Gasteiger partial charge in [-0.3, -0.25) is 0 Å². The summed E-state index contributed by atoms with van der Waals surface area (Å²) in [6, 6.07) is 0.906. The van der Waals surface area contributed by atoms with Gasteiger partial charge < -0.3 is 14.0 Å². The zero-order valence-electron chi connectivity index (χ0n) is 8.39. The van der Waals surface area contributed by atoms with Crippen molar-refractivity contribution in [1.82, 2.24) is 0 Å². The first-order valence-electron chi connectivity index (χ1n) is 4.20. The molecule has 0 fully saturated rings. The average Bonchev–Trinajstić information content (AvgIpc) is 2.28. The van der Waals surface area contributed by atoms with Gasteiger partial charge in [-0.05, 0) is 12.1 Å². The lowest BCUT2D eigenvalue weighted by molar-refractivity contribution is -0.129. The highest BCUT2D eigenvalue weighted by molar-refractivity contribution is 6.45. The maximum Gasteiger partial charge on any atom is 0.451 e. The first-order valence-corrected chi connectivity index (χ1v) is 5.77. The Hall–Kier alpha value is -1.19. The first kappa shape index (κ1) is 13.9. The molecule has 0 aliphatic rings. The van der Waals surface area contributed by atoms with E-state index >= 15 is 0 Å². The van der Waals surface area contributed by atoms with Crippen molar-refractivity contribution in [3.05, 3.63) is 29.6 Å². The lowest BCUT2D eigenvalue weighted by Crippen LogP contribution is -2.45. The summed E-state index contributed by atoms with van der Waals surface area (Å²) in [5, 5.41) is 0. The molecule has 17 heavy (non-hydrogen) atoms. The van der Waals surface area contributed by atoms with Crippen LogP contribution < -0.4 is 4.74 Å².